The molecule has 1 fully saturated rings. The van der Waals surface area contributed by atoms with E-state index in [1.807, 2.05) is 35.2 Å². The number of carbonyl (C=O) groups excluding carboxylic acids is 2. The highest BCUT2D eigenvalue weighted by Crippen LogP contribution is 2.46. The van der Waals surface area contributed by atoms with E-state index in [2.05, 4.69) is 21.4 Å². The maximum Gasteiger partial charge on any atom is 0.303 e. The number of fused-ring (bicyclic) bond motifs is 5. The van der Waals surface area contributed by atoms with Crippen molar-refractivity contribution in [1.82, 2.24) is 18.5 Å². The van der Waals surface area contributed by atoms with Gasteiger partial charge in [-0.1, -0.05) is 18.2 Å². The smallest absolute Gasteiger partial charge is 0.303 e. The zero-order valence-corrected chi connectivity index (χ0v) is 26.8. The number of benzene rings is 2. The number of amides is 2. The average molecular weight is 633 g/mol. The summed E-state index contributed by atoms with van der Waals surface area (Å²) in [5.74, 6) is 0.347. The number of carbonyl (C=O) groups is 2. The van der Waals surface area contributed by atoms with Gasteiger partial charge in [-0.2, -0.15) is 12.7 Å². The molecule has 0 bridgehead atoms. The van der Waals surface area contributed by atoms with Gasteiger partial charge in [0.25, 0.3) is 11.8 Å². The van der Waals surface area contributed by atoms with E-state index in [1.165, 1.54) is 19.7 Å². The SMILES string of the molecule is COc1ccc2c(c1)C=C(C(=O)N1CCC(CO)CC1)Cn1c-2c(C2CC=CCC2)c2ccc(C(=O)NS(=O)(=O)N(C)C)cc21. The minimum absolute atomic E-state index is 0.0528. The first-order chi connectivity index (χ1) is 21.6. The van der Waals surface area contributed by atoms with E-state index >= 15 is 0 Å². The number of allylic oxidation sites excluding steroid dienone is 2. The van der Waals surface area contributed by atoms with Gasteiger partial charge in [-0.25, -0.2) is 4.72 Å². The molecule has 0 radical (unpaired) electrons. The molecule has 2 aliphatic heterocycles. The minimum atomic E-state index is -3.99. The number of hydrogen-bond acceptors (Lipinski definition) is 6. The Morgan fingerprint density at radius 3 is 2.51 bits per heavy atom. The molecule has 2 amide bonds. The highest BCUT2D eigenvalue weighted by molar-refractivity contribution is 7.87. The van der Waals surface area contributed by atoms with Gasteiger partial charge in [-0.3, -0.25) is 9.59 Å². The van der Waals surface area contributed by atoms with Crippen molar-refractivity contribution < 1.29 is 27.9 Å². The third kappa shape index (κ3) is 5.92. The summed E-state index contributed by atoms with van der Waals surface area (Å²) in [4.78, 5) is 29.2. The summed E-state index contributed by atoms with van der Waals surface area (Å²) in [6, 6.07) is 11.3. The molecule has 1 atom stereocenters. The number of rotatable bonds is 7. The van der Waals surface area contributed by atoms with Gasteiger partial charge in [-0.15, -0.1) is 0 Å². The quantitative estimate of drug-likeness (QED) is 0.375. The molecule has 1 aromatic heterocycles. The van der Waals surface area contributed by atoms with Crippen molar-refractivity contribution in [2.45, 2.75) is 44.6 Å². The van der Waals surface area contributed by atoms with Crippen LogP contribution in [0, 0.1) is 5.92 Å². The predicted molar refractivity (Wildman–Crippen MR) is 174 cm³/mol. The Labute approximate surface area is 264 Å². The second kappa shape index (κ2) is 12.5. The van der Waals surface area contributed by atoms with Crippen LogP contribution in [0.2, 0.25) is 0 Å². The van der Waals surface area contributed by atoms with Crippen LogP contribution in [0.3, 0.4) is 0 Å². The lowest BCUT2D eigenvalue weighted by Gasteiger charge is -2.32. The fraction of sp³-hybridized carbons (Fsp3) is 0.412. The molecule has 2 N–H and O–H groups in total. The fourth-order valence-corrected chi connectivity index (χ4v) is 7.30. The number of likely N-dealkylation sites (tertiary alicyclic amines) is 1. The largest absolute Gasteiger partial charge is 0.497 e. The zero-order valence-electron chi connectivity index (χ0n) is 26.0. The van der Waals surface area contributed by atoms with E-state index in [1.54, 1.807) is 19.2 Å². The first-order valence-electron chi connectivity index (χ1n) is 15.5. The van der Waals surface area contributed by atoms with Crippen LogP contribution in [0.5, 0.6) is 5.75 Å². The van der Waals surface area contributed by atoms with Gasteiger partial charge in [0, 0.05) is 61.4 Å². The molecule has 1 saturated heterocycles. The molecule has 1 unspecified atom stereocenters. The summed E-state index contributed by atoms with van der Waals surface area (Å²) in [7, 11) is 0.361. The molecule has 3 heterocycles. The molecule has 11 heteroatoms. The van der Waals surface area contributed by atoms with E-state index < -0.39 is 16.1 Å². The van der Waals surface area contributed by atoms with Crippen LogP contribution in [0.15, 0.2) is 54.1 Å². The summed E-state index contributed by atoms with van der Waals surface area (Å²) >= 11 is 0. The summed E-state index contributed by atoms with van der Waals surface area (Å²) in [6.45, 7) is 1.57. The van der Waals surface area contributed by atoms with Gasteiger partial charge in [0.15, 0.2) is 0 Å². The Kier molecular flexibility index (Phi) is 8.60. The van der Waals surface area contributed by atoms with Crippen molar-refractivity contribution in [1.29, 1.82) is 0 Å². The average Bonchev–Trinajstić information content (AvgIpc) is 3.26. The molecule has 238 valence electrons. The molecule has 0 spiro atoms. The number of aliphatic hydroxyl groups excluding tert-OH is 1. The van der Waals surface area contributed by atoms with E-state index in [0.29, 0.717) is 24.4 Å². The van der Waals surface area contributed by atoms with Crippen molar-refractivity contribution in [2.24, 2.45) is 5.92 Å². The molecule has 3 aliphatic rings. The second-order valence-electron chi connectivity index (χ2n) is 12.3. The fourth-order valence-electron chi connectivity index (χ4n) is 6.77. The van der Waals surface area contributed by atoms with Gasteiger partial charge in [0.1, 0.15) is 5.75 Å². The summed E-state index contributed by atoms with van der Waals surface area (Å²) in [5.41, 5.74) is 5.62. The topological polar surface area (TPSA) is 121 Å². The Balaban J connectivity index is 1.53. The predicted octanol–water partition coefficient (Wildman–Crippen LogP) is 4.30. The maximum atomic E-state index is 14.1. The van der Waals surface area contributed by atoms with Gasteiger partial charge in [-0.05, 0) is 91.5 Å². The molecule has 3 aromatic rings. The van der Waals surface area contributed by atoms with E-state index in [9.17, 15) is 23.1 Å². The van der Waals surface area contributed by atoms with Crippen LogP contribution >= 0.6 is 0 Å². The molecular weight excluding hydrogens is 592 g/mol. The summed E-state index contributed by atoms with van der Waals surface area (Å²) in [5, 5.41) is 10.6. The van der Waals surface area contributed by atoms with Crippen molar-refractivity contribution in [3.05, 3.63) is 70.8 Å². The minimum Gasteiger partial charge on any atom is -0.497 e. The number of nitrogens with one attached hydrogen (secondary N) is 1. The molecule has 0 saturated carbocycles. The first-order valence-corrected chi connectivity index (χ1v) is 16.9. The number of ether oxygens (including phenoxy) is 1. The Morgan fingerprint density at radius 1 is 1.07 bits per heavy atom. The van der Waals surface area contributed by atoms with Crippen molar-refractivity contribution in [2.75, 3.05) is 40.9 Å². The zero-order chi connectivity index (χ0) is 31.9. The monoisotopic (exact) mass is 632 g/mol. The normalized spacial score (nSPS) is 18.7. The highest BCUT2D eigenvalue weighted by Gasteiger charge is 2.32. The van der Waals surface area contributed by atoms with Gasteiger partial charge < -0.3 is 19.3 Å². The van der Waals surface area contributed by atoms with Crippen LogP contribution in [-0.4, -0.2) is 80.0 Å². The number of hydrogen-bond donors (Lipinski definition) is 2. The van der Waals surface area contributed by atoms with Crippen LogP contribution in [0.1, 0.15) is 59.5 Å². The molecular formula is C34H40N4O6S. The van der Waals surface area contributed by atoms with Crippen LogP contribution < -0.4 is 9.46 Å². The standard InChI is InChI=1S/C34H40N4O6S/c1-36(2)45(42,43)35-33(40)24-9-11-29-30(19-24)38-20-26(34(41)37-15-13-22(21-39)14-16-37)17-25-18-27(44-3)10-12-28(25)32(38)31(29)23-7-5-4-6-8-23/h4-5,9-12,17-19,22-23,39H,6-8,13-16,20-21H2,1-3H3,(H,35,40). The lowest BCUT2D eigenvalue weighted by atomic mass is 9.84. The third-order valence-corrected chi connectivity index (χ3v) is 10.8. The van der Waals surface area contributed by atoms with Gasteiger partial charge in [0.2, 0.25) is 0 Å². The number of aliphatic hydroxyl groups is 1. The lowest BCUT2D eigenvalue weighted by molar-refractivity contribution is -0.128. The summed E-state index contributed by atoms with van der Waals surface area (Å²) < 4.78 is 35.8. The lowest BCUT2D eigenvalue weighted by Crippen LogP contribution is -2.40. The first kappa shape index (κ1) is 31.1. The molecule has 1 aliphatic carbocycles. The van der Waals surface area contributed by atoms with Crippen LogP contribution in [0.25, 0.3) is 28.2 Å². The van der Waals surface area contributed by atoms with Crippen LogP contribution in [-0.2, 0) is 21.5 Å². The van der Waals surface area contributed by atoms with Crippen LogP contribution in [0.4, 0.5) is 0 Å². The Morgan fingerprint density at radius 2 is 1.84 bits per heavy atom. The van der Waals surface area contributed by atoms with Crippen molar-refractivity contribution in [3.8, 4) is 17.0 Å². The number of piperidine rings is 1. The number of nitrogens with zero attached hydrogens (tertiary/aromatic N) is 3. The maximum absolute atomic E-state index is 14.1. The summed E-state index contributed by atoms with van der Waals surface area (Å²) in [6.07, 6.45) is 10.7. The highest BCUT2D eigenvalue weighted by atomic mass is 32.2. The number of methoxy groups -OCH3 is 1. The second-order valence-corrected chi connectivity index (χ2v) is 14.2. The van der Waals surface area contributed by atoms with Gasteiger partial charge in [0.05, 0.1) is 19.3 Å². The van der Waals surface area contributed by atoms with Gasteiger partial charge >= 0.3 is 10.2 Å². The van der Waals surface area contributed by atoms with Crippen molar-refractivity contribution >= 4 is 39.0 Å². The Bertz CT molecular complexity index is 1820. The molecule has 6 rings (SSSR count). The van der Waals surface area contributed by atoms with E-state index in [-0.39, 0.29) is 36.5 Å². The van der Waals surface area contributed by atoms with E-state index in [4.69, 9.17) is 4.74 Å². The molecule has 45 heavy (non-hydrogen) atoms. The Hall–Kier alpha value is -3.93. The van der Waals surface area contributed by atoms with Crippen molar-refractivity contribution in [3.63, 3.8) is 0 Å². The third-order valence-electron chi connectivity index (χ3n) is 9.35. The molecule has 2 aromatic carbocycles. The number of aromatic nitrogens is 1. The van der Waals surface area contributed by atoms with E-state index in [0.717, 1.165) is 64.1 Å². The molecule has 10 nitrogen and oxygen atoms in total.